The van der Waals surface area contributed by atoms with Crippen LogP contribution in [-0.2, 0) is 0 Å². The molecule has 0 fully saturated rings. The van der Waals surface area contributed by atoms with E-state index in [0.29, 0.717) is 57.5 Å². The van der Waals surface area contributed by atoms with Gasteiger partial charge in [0.2, 0.25) is 0 Å². The maximum absolute atomic E-state index is 8.74. The van der Waals surface area contributed by atoms with Crippen molar-refractivity contribution in [3.63, 3.8) is 0 Å². The van der Waals surface area contributed by atoms with E-state index in [2.05, 4.69) is 163 Å². The van der Waals surface area contributed by atoms with E-state index in [4.69, 9.17) is 66.8 Å². The van der Waals surface area contributed by atoms with E-state index in [9.17, 15) is 0 Å². The van der Waals surface area contributed by atoms with Crippen LogP contribution >= 0.6 is 95.2 Å². The molecule has 368 valence electrons. The fourth-order valence-corrected chi connectivity index (χ4v) is 6.91. The Bertz CT molecular complexity index is 736. The molecule has 0 spiro atoms. The van der Waals surface area contributed by atoms with Crippen LogP contribution in [0.5, 0.6) is 0 Å². The predicted molar refractivity (Wildman–Crippen MR) is 295 cm³/mol. The molecule has 0 rings (SSSR count). The number of halogens is 4. The third kappa shape index (κ3) is 131. The van der Waals surface area contributed by atoms with Crippen LogP contribution in [0.3, 0.4) is 0 Å². The molecule has 0 aliphatic carbocycles. The number of rotatable bonds is 12. The molecule has 4 N–H and O–H groups in total. The predicted octanol–water partition coefficient (Wildman–Crippen LogP) is 16.8. The van der Waals surface area contributed by atoms with Gasteiger partial charge in [-0.15, -0.1) is 53.0 Å². The summed E-state index contributed by atoms with van der Waals surface area (Å²) in [5.41, 5.74) is 4.24. The van der Waals surface area contributed by atoms with Gasteiger partial charge in [-0.3, -0.25) is 0 Å². The minimum atomic E-state index is 0. The molecule has 2 unspecified atom stereocenters. The van der Waals surface area contributed by atoms with E-state index < -0.39 is 0 Å². The normalized spacial score (nSPS) is 11.0. The van der Waals surface area contributed by atoms with Crippen molar-refractivity contribution in [2.24, 2.45) is 33.5 Å². The highest BCUT2D eigenvalue weighted by Crippen LogP contribution is 2.35. The Balaban J connectivity index is -0.0000000433. The van der Waals surface area contributed by atoms with E-state index in [1.807, 2.05) is 23.5 Å². The number of aliphatic hydroxyl groups excluding tert-OH is 4. The van der Waals surface area contributed by atoms with Crippen LogP contribution < -0.4 is 0 Å². The SMILES string of the molecule is C.C.C.C.C=C(C)CC(C)(C)C.CC(C)=CC(C)(C)C.CC(C)C(SCCO)C(C)(C)C.CC(CSCCO)CC(C)(C)C.ClCCl.ClCCl.OCCS.OCCS. The molecule has 0 saturated heterocycles. The van der Waals surface area contributed by atoms with Gasteiger partial charge < -0.3 is 20.4 Å². The molecule has 0 aromatic carbocycles. The van der Waals surface area contributed by atoms with Crippen molar-refractivity contribution in [3.8, 4) is 0 Å². The fraction of sp³-hybridized carbons (Fsp3) is 0.913. The summed E-state index contributed by atoms with van der Waals surface area (Å²) < 4.78 is 0. The summed E-state index contributed by atoms with van der Waals surface area (Å²) in [5, 5.41) is 34.0. The van der Waals surface area contributed by atoms with Gasteiger partial charge in [0.1, 0.15) is 0 Å². The third-order valence-corrected chi connectivity index (χ3v) is 8.91. The lowest BCUT2D eigenvalue weighted by Gasteiger charge is -2.33. The smallest absolute Gasteiger partial charge is 0.0967 e. The zero-order valence-electron chi connectivity index (χ0n) is 38.2. The summed E-state index contributed by atoms with van der Waals surface area (Å²) in [6, 6.07) is 0. The molecule has 0 aliphatic rings. The lowest BCUT2D eigenvalue weighted by molar-refractivity contribution is 0.316. The van der Waals surface area contributed by atoms with Gasteiger partial charge in [-0.25, -0.2) is 0 Å². The first-order valence-corrected chi connectivity index (χ1v) is 24.3. The Morgan fingerprint density at radius 1 is 0.638 bits per heavy atom. The average molecular weight is 995 g/mol. The summed E-state index contributed by atoms with van der Waals surface area (Å²) in [5.74, 6) is 5.51. The Hall–Kier alpha value is 1.88. The van der Waals surface area contributed by atoms with Gasteiger partial charge in [0.25, 0.3) is 0 Å². The second kappa shape index (κ2) is 61.0. The highest BCUT2D eigenvalue weighted by atomic mass is 35.5. The Kier molecular flexibility index (Phi) is 95.2. The second-order valence-corrected chi connectivity index (χ2v) is 22.6. The van der Waals surface area contributed by atoms with Crippen LogP contribution in [0.25, 0.3) is 0 Å². The van der Waals surface area contributed by atoms with Crippen LogP contribution in [-0.4, -0.2) is 91.5 Å². The second-order valence-electron chi connectivity index (χ2n) is 17.7. The molecule has 0 aliphatic heterocycles. The minimum Gasteiger partial charge on any atom is -0.396 e. The first kappa shape index (κ1) is 90.6. The third-order valence-electron chi connectivity index (χ3n) is 5.20. The molecule has 0 radical (unpaired) electrons. The summed E-state index contributed by atoms with van der Waals surface area (Å²) in [6.07, 6.45) is 4.67. The largest absolute Gasteiger partial charge is 0.396 e. The van der Waals surface area contributed by atoms with Gasteiger partial charge in [-0.05, 0) is 72.9 Å². The van der Waals surface area contributed by atoms with E-state index in [1.165, 1.54) is 23.3 Å². The summed E-state index contributed by atoms with van der Waals surface area (Å²) in [7, 11) is 0. The molecule has 0 saturated carbocycles. The Labute approximate surface area is 408 Å². The molecule has 0 bridgehead atoms. The van der Waals surface area contributed by atoms with Gasteiger partial charge >= 0.3 is 0 Å². The van der Waals surface area contributed by atoms with Gasteiger partial charge in [0, 0.05) is 28.3 Å². The van der Waals surface area contributed by atoms with Gasteiger partial charge in [-0.1, -0.05) is 151 Å². The molecule has 0 heterocycles. The highest BCUT2D eigenvalue weighted by Gasteiger charge is 2.27. The van der Waals surface area contributed by atoms with E-state index in [-0.39, 0.29) is 53.6 Å². The molecule has 12 heteroatoms. The quantitative estimate of drug-likeness (QED) is 0.0506. The van der Waals surface area contributed by atoms with Crippen LogP contribution in [0.2, 0.25) is 0 Å². The van der Waals surface area contributed by atoms with Gasteiger partial charge in [0.05, 0.1) is 37.1 Å². The first-order valence-electron chi connectivity index (χ1n) is 18.7. The molecule has 2 atom stereocenters. The summed E-state index contributed by atoms with van der Waals surface area (Å²) in [6.45, 7) is 44.9. The number of allylic oxidation sites excluding steroid dienone is 3. The van der Waals surface area contributed by atoms with Crippen molar-refractivity contribution in [2.75, 3.05) is 65.9 Å². The molecule has 4 nitrogen and oxygen atoms in total. The number of hydrogen-bond acceptors (Lipinski definition) is 8. The van der Waals surface area contributed by atoms with E-state index in [1.54, 1.807) is 0 Å². The van der Waals surface area contributed by atoms with Crippen molar-refractivity contribution in [1.82, 2.24) is 0 Å². The topological polar surface area (TPSA) is 80.9 Å². The number of aliphatic hydroxyl groups is 4. The summed E-state index contributed by atoms with van der Waals surface area (Å²) in [4.78, 5) is 0. The van der Waals surface area contributed by atoms with Gasteiger partial charge in [-0.2, -0.15) is 48.8 Å². The maximum atomic E-state index is 8.74. The lowest BCUT2D eigenvalue weighted by atomic mass is 9.85. The Morgan fingerprint density at radius 2 is 0.966 bits per heavy atom. The van der Waals surface area contributed by atoms with Crippen molar-refractivity contribution < 1.29 is 20.4 Å². The van der Waals surface area contributed by atoms with Crippen LogP contribution in [0.15, 0.2) is 23.8 Å². The first-order chi connectivity index (χ1) is 24.3. The molecule has 58 heavy (non-hydrogen) atoms. The zero-order valence-corrected chi connectivity index (χ0v) is 44.7. The highest BCUT2D eigenvalue weighted by molar-refractivity contribution is 8.00. The number of hydrogen-bond donors (Lipinski definition) is 6. The lowest BCUT2D eigenvalue weighted by Crippen LogP contribution is -2.28. The molecule has 0 aromatic heterocycles. The summed E-state index contributed by atoms with van der Waals surface area (Å²) >= 11 is 30.1. The molecule has 0 aromatic rings. The number of thiol groups is 2. The molecular weight excluding hydrogens is 887 g/mol. The molecule has 0 amide bonds. The average Bonchev–Trinajstić information content (AvgIpc) is 2.95. The van der Waals surface area contributed by atoms with Crippen LogP contribution in [0.4, 0.5) is 0 Å². The van der Waals surface area contributed by atoms with Crippen molar-refractivity contribution in [2.45, 2.75) is 172 Å². The standard InChI is InChI=1S/2C10H22OS.2C8H16.2C2H6OS.2CH2Cl2.4CH4/c1-8(2)9(10(3,4)5)12-7-6-11;1-9(7-10(2,3)4)8-12-6-5-11;2*1-7(2)6-8(3,4)5;2*3-1-2-4;2*2-1-3;;;;/h8-9,11H,6-7H2,1-5H3;9,11H,5-8H2,1-4H3;6H,1-5H3;1,6H2,2-5H3;2*3-4H,1-2H2;2*1H2;4*1H4. The van der Waals surface area contributed by atoms with Crippen LogP contribution in [0.1, 0.15) is 167 Å². The van der Waals surface area contributed by atoms with Gasteiger partial charge in [0.15, 0.2) is 0 Å². The zero-order chi connectivity index (χ0) is 45.2. The van der Waals surface area contributed by atoms with Crippen LogP contribution in [0, 0.1) is 33.5 Å². The fourth-order valence-electron chi connectivity index (χ4n) is 4.85. The van der Waals surface area contributed by atoms with Crippen molar-refractivity contribution in [1.29, 1.82) is 0 Å². The minimum absolute atomic E-state index is 0. The van der Waals surface area contributed by atoms with E-state index in [0.717, 1.165) is 23.8 Å². The number of alkyl halides is 4. The number of thioether (sulfide) groups is 2. The maximum Gasteiger partial charge on any atom is 0.0967 e. The Morgan fingerprint density at radius 3 is 1.10 bits per heavy atom. The monoisotopic (exact) mass is 993 g/mol. The van der Waals surface area contributed by atoms with E-state index >= 15 is 0 Å². The molecular formula is C46H108Cl4O4S4. The van der Waals surface area contributed by atoms with Crippen molar-refractivity contribution in [3.05, 3.63) is 23.8 Å². The van der Waals surface area contributed by atoms with Crippen molar-refractivity contribution >= 4 is 95.2 Å².